The van der Waals surface area contributed by atoms with Gasteiger partial charge in [0.25, 0.3) is 0 Å². The van der Waals surface area contributed by atoms with Crippen molar-refractivity contribution in [3.05, 3.63) is 107 Å². The Hall–Kier alpha value is -4.98. The molecule has 6 rings (SSSR count). The quantitative estimate of drug-likeness (QED) is 0.149. The van der Waals surface area contributed by atoms with Crippen LogP contribution in [-0.2, 0) is 4.79 Å². The van der Waals surface area contributed by atoms with Crippen LogP contribution in [0.1, 0.15) is 94.4 Å². The van der Waals surface area contributed by atoms with Gasteiger partial charge in [-0.15, -0.1) is 5.10 Å². The summed E-state index contributed by atoms with van der Waals surface area (Å²) in [5, 5.41) is 28.1. The number of nitriles is 1. The monoisotopic (exact) mass is 703 g/mol. The largest absolute Gasteiger partial charge is 0.377 e. The highest BCUT2D eigenvalue weighted by Gasteiger charge is 2.29. The first kappa shape index (κ1) is 35.8. The molecule has 0 unspecified atom stereocenters. The van der Waals surface area contributed by atoms with E-state index < -0.39 is 6.04 Å². The minimum atomic E-state index is -0.461. The van der Waals surface area contributed by atoms with Crippen LogP contribution in [0.25, 0.3) is 10.9 Å². The molecule has 11 heteroatoms. The normalized spacial score (nSPS) is 15.3. The number of rotatable bonds is 10. The third kappa shape index (κ3) is 7.85. The number of aromatic nitrogens is 4. The number of carbonyl (C=O) groups excluding carboxylic acids is 1. The Labute approximate surface area is 305 Å². The van der Waals surface area contributed by atoms with Crippen molar-refractivity contribution in [2.24, 2.45) is 0 Å². The molecule has 1 amide bonds. The number of amides is 1. The average Bonchev–Trinajstić information content (AvgIpc) is 3.62. The number of pyridine rings is 1. The lowest BCUT2D eigenvalue weighted by molar-refractivity contribution is -0.116. The molecule has 10 nitrogen and oxygen atoms in total. The van der Waals surface area contributed by atoms with E-state index in [1.54, 1.807) is 25.1 Å². The van der Waals surface area contributed by atoms with Crippen LogP contribution in [-0.4, -0.2) is 56.5 Å². The standard InChI is InChI=1S/C40H46ClN9O/c1-7-34(27-12-9-8-10-13-27)44-37-29(23-42)24-43-39-33(37)21-30(41)22-35(39)45-38(28-14-11-15-32(20-28)48(6)26(2)51)36-25-50(47-46-36)31-16-18-49(19-17-31)40(3,4)5/h8-15,20-22,24-25,31,34,38,45H,7,16-19H2,1-6H3,(H,43,44)/t34-,38+/m1/s1. The molecular formula is C40H46ClN9O. The summed E-state index contributed by atoms with van der Waals surface area (Å²) in [6.07, 6.45) is 6.42. The predicted octanol–water partition coefficient (Wildman–Crippen LogP) is 8.53. The predicted molar refractivity (Wildman–Crippen MR) is 205 cm³/mol. The van der Waals surface area contributed by atoms with E-state index in [1.165, 1.54) is 0 Å². The van der Waals surface area contributed by atoms with Crippen molar-refractivity contribution in [2.45, 2.75) is 77.5 Å². The van der Waals surface area contributed by atoms with Gasteiger partial charge in [-0.2, -0.15) is 5.26 Å². The zero-order valence-electron chi connectivity index (χ0n) is 30.2. The summed E-state index contributed by atoms with van der Waals surface area (Å²) < 4.78 is 2.00. The van der Waals surface area contributed by atoms with E-state index in [1.807, 2.05) is 65.5 Å². The molecular weight excluding hydrogens is 658 g/mol. The molecule has 2 atom stereocenters. The van der Waals surface area contributed by atoms with E-state index in [0.29, 0.717) is 27.5 Å². The lowest BCUT2D eigenvalue weighted by Crippen LogP contribution is -2.46. The Morgan fingerprint density at radius 3 is 2.45 bits per heavy atom. The van der Waals surface area contributed by atoms with E-state index in [4.69, 9.17) is 21.7 Å². The SMILES string of the molecule is CC[C@@H](Nc1c(C#N)cnc2c(N[C@@H](c3cccc(N(C)C(C)=O)c3)c3cn(C4CCN(C(C)(C)C)CC4)nn3)cc(Cl)cc12)c1ccccc1. The van der Waals surface area contributed by atoms with E-state index in [9.17, 15) is 10.1 Å². The molecule has 0 aliphatic carbocycles. The van der Waals surface area contributed by atoms with Gasteiger partial charge in [-0.05, 0) is 75.4 Å². The first-order valence-electron chi connectivity index (χ1n) is 17.6. The zero-order chi connectivity index (χ0) is 36.3. The minimum absolute atomic E-state index is 0.0293. The summed E-state index contributed by atoms with van der Waals surface area (Å²) >= 11 is 6.85. The maximum atomic E-state index is 12.3. The number of halogens is 1. The first-order valence-corrected chi connectivity index (χ1v) is 18.0. The third-order valence-electron chi connectivity index (χ3n) is 9.96. The van der Waals surface area contributed by atoms with Gasteiger partial charge in [0.05, 0.1) is 46.8 Å². The molecule has 1 aliphatic rings. The Morgan fingerprint density at radius 2 is 1.78 bits per heavy atom. The topological polar surface area (TPSA) is 115 Å². The second kappa shape index (κ2) is 15.1. The molecule has 2 aromatic heterocycles. The highest BCUT2D eigenvalue weighted by Crippen LogP contribution is 2.38. The van der Waals surface area contributed by atoms with Gasteiger partial charge >= 0.3 is 0 Å². The summed E-state index contributed by atoms with van der Waals surface area (Å²) in [4.78, 5) is 21.3. The van der Waals surface area contributed by atoms with Crippen LogP contribution in [0.15, 0.2) is 79.1 Å². The first-order chi connectivity index (χ1) is 24.5. The van der Waals surface area contributed by atoms with Crippen LogP contribution < -0.4 is 15.5 Å². The van der Waals surface area contributed by atoms with Gasteiger partial charge in [0.2, 0.25) is 5.91 Å². The highest BCUT2D eigenvalue weighted by atomic mass is 35.5. The fourth-order valence-corrected chi connectivity index (χ4v) is 7.10. The summed E-state index contributed by atoms with van der Waals surface area (Å²) in [7, 11) is 1.76. The fraction of sp³-hybridized carbons (Fsp3) is 0.375. The Balaban J connectivity index is 1.41. The second-order valence-electron chi connectivity index (χ2n) is 14.3. The maximum absolute atomic E-state index is 12.3. The van der Waals surface area contributed by atoms with Gasteiger partial charge in [-0.25, -0.2) is 4.68 Å². The number of hydrogen-bond acceptors (Lipinski definition) is 8. The number of piperidine rings is 1. The average molecular weight is 704 g/mol. The van der Waals surface area contributed by atoms with Crippen molar-refractivity contribution >= 4 is 45.5 Å². The number of likely N-dealkylation sites (tertiary alicyclic amines) is 1. The number of nitrogens with one attached hydrogen (secondary N) is 2. The Morgan fingerprint density at radius 1 is 1.06 bits per heavy atom. The molecule has 0 bridgehead atoms. The number of hydrogen-bond donors (Lipinski definition) is 2. The summed E-state index contributed by atoms with van der Waals surface area (Å²) in [6.45, 7) is 12.4. The van der Waals surface area contributed by atoms with Gasteiger partial charge < -0.3 is 15.5 Å². The van der Waals surface area contributed by atoms with Crippen LogP contribution in [0, 0.1) is 11.3 Å². The highest BCUT2D eigenvalue weighted by molar-refractivity contribution is 6.32. The number of nitrogens with zero attached hydrogens (tertiary/aromatic N) is 7. The molecule has 1 aliphatic heterocycles. The van der Waals surface area contributed by atoms with E-state index in [2.05, 4.69) is 66.6 Å². The van der Waals surface area contributed by atoms with Crippen molar-refractivity contribution in [3.8, 4) is 6.07 Å². The van der Waals surface area contributed by atoms with Crippen molar-refractivity contribution in [2.75, 3.05) is 35.7 Å². The molecule has 264 valence electrons. The molecule has 0 radical (unpaired) electrons. The van der Waals surface area contributed by atoms with Crippen LogP contribution >= 0.6 is 11.6 Å². The summed E-state index contributed by atoms with van der Waals surface area (Å²) in [6, 6.07) is 23.8. The smallest absolute Gasteiger partial charge is 0.223 e. The Kier molecular flexibility index (Phi) is 10.6. The molecule has 51 heavy (non-hydrogen) atoms. The second-order valence-corrected chi connectivity index (χ2v) is 14.7. The van der Waals surface area contributed by atoms with Gasteiger partial charge in [0.1, 0.15) is 11.8 Å². The molecule has 0 spiro atoms. The Bertz CT molecular complexity index is 2040. The molecule has 2 N–H and O–H groups in total. The van der Waals surface area contributed by atoms with Crippen LogP contribution in [0.4, 0.5) is 17.1 Å². The molecule has 1 saturated heterocycles. The van der Waals surface area contributed by atoms with E-state index in [0.717, 1.165) is 60.2 Å². The number of benzene rings is 3. The number of fused-ring (bicyclic) bond motifs is 1. The number of anilines is 3. The minimum Gasteiger partial charge on any atom is -0.377 e. The van der Waals surface area contributed by atoms with Gasteiger partial charge in [-0.3, -0.25) is 14.7 Å². The van der Waals surface area contributed by atoms with Crippen LogP contribution in [0.3, 0.4) is 0 Å². The van der Waals surface area contributed by atoms with Crippen molar-refractivity contribution in [1.82, 2.24) is 24.9 Å². The molecule has 3 aromatic carbocycles. The molecule has 3 heterocycles. The van der Waals surface area contributed by atoms with Crippen LogP contribution in [0.2, 0.25) is 5.02 Å². The third-order valence-corrected chi connectivity index (χ3v) is 10.2. The molecule has 0 saturated carbocycles. The fourth-order valence-electron chi connectivity index (χ4n) is 6.88. The molecule has 5 aromatic rings. The lowest BCUT2D eigenvalue weighted by atomic mass is 9.98. The van der Waals surface area contributed by atoms with Crippen molar-refractivity contribution in [3.63, 3.8) is 0 Å². The van der Waals surface area contributed by atoms with Gasteiger partial charge in [0, 0.05) is 54.9 Å². The van der Waals surface area contributed by atoms with Crippen molar-refractivity contribution < 1.29 is 4.79 Å². The summed E-state index contributed by atoms with van der Waals surface area (Å²) in [5.74, 6) is -0.0662. The van der Waals surface area contributed by atoms with Gasteiger partial charge in [-0.1, -0.05) is 66.2 Å². The van der Waals surface area contributed by atoms with E-state index in [-0.39, 0.29) is 23.5 Å². The molecule has 1 fully saturated rings. The summed E-state index contributed by atoms with van der Waals surface area (Å²) in [5.41, 5.74) is 6.09. The lowest BCUT2D eigenvalue weighted by Gasteiger charge is -2.40. The van der Waals surface area contributed by atoms with E-state index >= 15 is 0 Å². The number of carbonyl (C=O) groups is 1. The van der Waals surface area contributed by atoms with Gasteiger partial charge in [0.15, 0.2) is 0 Å². The van der Waals surface area contributed by atoms with Crippen molar-refractivity contribution in [1.29, 1.82) is 5.26 Å². The zero-order valence-corrected chi connectivity index (χ0v) is 30.9. The maximum Gasteiger partial charge on any atom is 0.223 e. The van der Waals surface area contributed by atoms with Crippen LogP contribution in [0.5, 0.6) is 0 Å².